The maximum Gasteiger partial charge on any atom is 0.345 e. The summed E-state index contributed by atoms with van der Waals surface area (Å²) in [5.41, 5.74) is 0.414. The summed E-state index contributed by atoms with van der Waals surface area (Å²) in [5.74, 6) is -2.47. The minimum absolute atomic E-state index is 0.0322. The molecule has 0 aromatic heterocycles. The second-order valence-electron chi connectivity index (χ2n) is 11.0. The van der Waals surface area contributed by atoms with Gasteiger partial charge in [0.2, 0.25) is 17.7 Å². The number of hydrogen-bond acceptors (Lipinski definition) is 8. The number of carbonyl (C=O) groups excluding carboxylic acids is 4. The van der Waals surface area contributed by atoms with Crippen LogP contribution in [-0.2, 0) is 46.2 Å². The summed E-state index contributed by atoms with van der Waals surface area (Å²) < 4.78 is 41.2. The summed E-state index contributed by atoms with van der Waals surface area (Å²) in [6, 6.07) is 14.1. The second-order valence-corrected chi connectivity index (χ2v) is 11.0. The summed E-state index contributed by atoms with van der Waals surface area (Å²) in [6.07, 6.45) is 0.200. The van der Waals surface area contributed by atoms with Crippen LogP contribution in [-0.4, -0.2) is 105 Å². The third kappa shape index (κ3) is 10.2. The van der Waals surface area contributed by atoms with Gasteiger partial charge < -0.3 is 30.2 Å². The van der Waals surface area contributed by atoms with Crippen molar-refractivity contribution in [3.63, 3.8) is 0 Å². The van der Waals surface area contributed by atoms with Gasteiger partial charge in [-0.2, -0.15) is 8.78 Å². The first-order valence-corrected chi connectivity index (χ1v) is 14.5. The molecule has 2 aromatic rings. The van der Waals surface area contributed by atoms with Crippen LogP contribution in [0.4, 0.5) is 8.78 Å². The zero-order chi connectivity index (χ0) is 31.5. The van der Waals surface area contributed by atoms with Crippen molar-refractivity contribution in [3.8, 4) is 0 Å². The molecule has 3 amide bonds. The van der Waals surface area contributed by atoms with Crippen LogP contribution in [0.15, 0.2) is 60.7 Å². The Morgan fingerprint density at radius 2 is 1.36 bits per heavy atom. The highest BCUT2D eigenvalue weighted by Gasteiger charge is 2.50. The van der Waals surface area contributed by atoms with Crippen LogP contribution in [0.2, 0.25) is 0 Å². The molecule has 2 aliphatic rings. The van der Waals surface area contributed by atoms with Gasteiger partial charge in [-0.05, 0) is 24.5 Å². The fraction of sp³-hybridized carbons (Fsp3) is 0.484. The van der Waals surface area contributed by atoms with Gasteiger partial charge in [-0.1, -0.05) is 60.7 Å². The fourth-order valence-corrected chi connectivity index (χ4v) is 4.84. The summed E-state index contributed by atoms with van der Waals surface area (Å²) in [7, 11) is 0. The number of rotatable bonds is 16. The van der Waals surface area contributed by atoms with Gasteiger partial charge in [0, 0.05) is 19.5 Å². The van der Waals surface area contributed by atoms with Gasteiger partial charge in [-0.25, -0.2) is 0 Å². The summed E-state index contributed by atoms with van der Waals surface area (Å²) >= 11 is 0. The normalized spacial score (nSPS) is 20.3. The van der Waals surface area contributed by atoms with E-state index in [4.69, 9.17) is 9.47 Å². The summed E-state index contributed by atoms with van der Waals surface area (Å²) in [5, 5.41) is 7.79. The highest BCUT2D eigenvalue weighted by molar-refractivity contribution is 5.98. The molecule has 2 aliphatic heterocycles. The zero-order valence-corrected chi connectivity index (χ0v) is 24.5. The highest BCUT2D eigenvalue weighted by Crippen LogP contribution is 2.29. The van der Waals surface area contributed by atoms with Gasteiger partial charge >= 0.3 is 6.61 Å². The SMILES string of the molecule is C[C@]1(C(=O)[C@H](Cc2ccccc2)NC(=O)[C@H](COC(F)F)NC(=O)[C@H](Cc2ccccc2)NC(=O)CN2CCOCC2)CO1. The monoisotopic (exact) mass is 616 g/mol. The van der Waals surface area contributed by atoms with Crippen molar-refractivity contribution < 1.29 is 42.2 Å². The molecule has 13 heteroatoms. The van der Waals surface area contributed by atoms with Crippen molar-refractivity contribution >= 4 is 23.5 Å². The summed E-state index contributed by atoms with van der Waals surface area (Å²) in [6.45, 7) is -0.163. The number of halogens is 2. The van der Waals surface area contributed by atoms with E-state index in [-0.39, 0.29) is 31.8 Å². The van der Waals surface area contributed by atoms with E-state index in [0.717, 1.165) is 11.1 Å². The van der Waals surface area contributed by atoms with Crippen LogP contribution in [0.1, 0.15) is 18.1 Å². The average Bonchev–Trinajstić information content (AvgIpc) is 3.77. The van der Waals surface area contributed by atoms with Gasteiger partial charge in [0.1, 0.15) is 17.7 Å². The van der Waals surface area contributed by atoms with Gasteiger partial charge in [-0.3, -0.25) is 24.1 Å². The maximum absolute atomic E-state index is 13.5. The number of morpholine rings is 1. The van der Waals surface area contributed by atoms with E-state index < -0.39 is 54.7 Å². The number of hydrogen-bond donors (Lipinski definition) is 3. The number of epoxide rings is 1. The number of Topliss-reactive ketones (excluding diaryl/α,β-unsaturated/α-hetero) is 1. The lowest BCUT2D eigenvalue weighted by Gasteiger charge is -2.28. The third-order valence-electron chi connectivity index (χ3n) is 7.44. The Balaban J connectivity index is 1.49. The second kappa shape index (κ2) is 15.8. The number of carbonyl (C=O) groups is 4. The smallest absolute Gasteiger partial charge is 0.345 e. The van der Waals surface area contributed by atoms with Crippen molar-refractivity contribution in [3.05, 3.63) is 71.8 Å². The molecule has 0 aliphatic carbocycles. The van der Waals surface area contributed by atoms with E-state index in [2.05, 4.69) is 20.7 Å². The predicted molar refractivity (Wildman–Crippen MR) is 155 cm³/mol. The molecular formula is C31H38F2N4O7. The van der Waals surface area contributed by atoms with E-state index in [0.29, 0.717) is 26.3 Å². The van der Waals surface area contributed by atoms with Gasteiger partial charge in [0.05, 0.1) is 39.0 Å². The molecule has 0 spiro atoms. The van der Waals surface area contributed by atoms with Gasteiger partial charge in [-0.15, -0.1) is 0 Å². The van der Waals surface area contributed by atoms with E-state index in [1.165, 1.54) is 0 Å². The Morgan fingerprint density at radius 3 is 1.91 bits per heavy atom. The molecule has 11 nitrogen and oxygen atoms in total. The van der Waals surface area contributed by atoms with E-state index >= 15 is 0 Å². The minimum atomic E-state index is -3.21. The summed E-state index contributed by atoms with van der Waals surface area (Å²) in [4.78, 5) is 55.0. The molecule has 4 atom stereocenters. The third-order valence-corrected chi connectivity index (χ3v) is 7.44. The molecule has 0 radical (unpaired) electrons. The van der Waals surface area contributed by atoms with Crippen LogP contribution >= 0.6 is 0 Å². The Hall–Kier alpha value is -3.78. The number of alkyl halides is 2. The Morgan fingerprint density at radius 1 is 0.841 bits per heavy atom. The number of benzene rings is 2. The first-order chi connectivity index (χ1) is 21.1. The lowest BCUT2D eigenvalue weighted by molar-refractivity contribution is -0.148. The van der Waals surface area contributed by atoms with Gasteiger partial charge in [0.15, 0.2) is 5.78 Å². The van der Waals surface area contributed by atoms with Crippen molar-refractivity contribution in [2.75, 3.05) is 46.1 Å². The highest BCUT2D eigenvalue weighted by atomic mass is 19.3. The lowest BCUT2D eigenvalue weighted by Crippen LogP contribution is -2.59. The quantitative estimate of drug-likeness (QED) is 0.236. The number of amides is 3. The number of ketones is 1. The average molecular weight is 617 g/mol. The molecule has 4 rings (SSSR count). The molecule has 3 N–H and O–H groups in total. The molecule has 44 heavy (non-hydrogen) atoms. The zero-order valence-electron chi connectivity index (χ0n) is 24.5. The fourth-order valence-electron chi connectivity index (χ4n) is 4.84. The van der Waals surface area contributed by atoms with Crippen molar-refractivity contribution in [1.82, 2.24) is 20.9 Å². The van der Waals surface area contributed by atoms with Crippen LogP contribution in [0, 0.1) is 0 Å². The van der Waals surface area contributed by atoms with Gasteiger partial charge in [0.25, 0.3) is 0 Å². The standard InChI is InChI=1S/C31H38F2N4O7/c1-31(20-44-31)27(39)23(16-21-8-4-2-5-9-21)35-29(41)25(19-43-30(32)33)36-28(40)24(17-22-10-6-3-7-11-22)34-26(38)18-37-12-14-42-15-13-37/h2-11,23-25,30H,12-20H2,1H3,(H,34,38)(H,35,41)(H,36,40)/t23-,24-,25-,31+/m0/s1. The Kier molecular flexibility index (Phi) is 11.9. The molecule has 2 fully saturated rings. The maximum atomic E-state index is 13.5. The van der Waals surface area contributed by atoms with Crippen molar-refractivity contribution in [2.24, 2.45) is 0 Å². The van der Waals surface area contributed by atoms with Crippen molar-refractivity contribution in [1.29, 1.82) is 0 Å². The van der Waals surface area contributed by atoms with Crippen LogP contribution < -0.4 is 16.0 Å². The molecule has 0 saturated carbocycles. The van der Waals surface area contributed by atoms with E-state index in [1.54, 1.807) is 61.5 Å². The van der Waals surface area contributed by atoms with Crippen molar-refractivity contribution in [2.45, 2.75) is 50.1 Å². The molecular weight excluding hydrogens is 578 g/mol. The first-order valence-electron chi connectivity index (χ1n) is 14.5. The van der Waals surface area contributed by atoms with Crippen LogP contribution in [0.5, 0.6) is 0 Å². The molecule has 0 unspecified atom stereocenters. The number of nitrogens with one attached hydrogen (secondary N) is 3. The molecule has 2 heterocycles. The van der Waals surface area contributed by atoms with E-state index in [9.17, 15) is 28.0 Å². The number of nitrogens with zero attached hydrogens (tertiary/aromatic N) is 1. The van der Waals surface area contributed by atoms with E-state index in [1.807, 2.05) is 11.0 Å². The molecule has 0 bridgehead atoms. The predicted octanol–water partition coefficient (Wildman–Crippen LogP) is 0.856. The largest absolute Gasteiger partial charge is 0.379 e. The Bertz CT molecular complexity index is 1260. The minimum Gasteiger partial charge on any atom is -0.379 e. The molecule has 2 saturated heterocycles. The van der Waals surface area contributed by atoms with Crippen LogP contribution in [0.3, 0.4) is 0 Å². The molecule has 2 aromatic carbocycles. The lowest BCUT2D eigenvalue weighted by atomic mass is 9.94. The van der Waals surface area contributed by atoms with Crippen LogP contribution in [0.25, 0.3) is 0 Å². The topological polar surface area (TPSA) is 139 Å². The Labute approximate surface area is 254 Å². The first kappa shape index (κ1) is 33.1. The number of ether oxygens (including phenoxy) is 3. The molecule has 238 valence electrons.